The third-order valence-electron chi connectivity index (χ3n) is 4.78. The van der Waals surface area contributed by atoms with Crippen LogP contribution < -0.4 is 10.9 Å². The van der Waals surface area contributed by atoms with Crippen molar-refractivity contribution in [3.8, 4) is 0 Å². The van der Waals surface area contributed by atoms with Crippen molar-refractivity contribution in [2.45, 2.75) is 32.4 Å². The fourth-order valence-electron chi connectivity index (χ4n) is 3.42. The number of fused-ring (bicyclic) bond motifs is 3. The van der Waals surface area contributed by atoms with Crippen LogP contribution in [-0.2, 0) is 11.3 Å². The Morgan fingerprint density at radius 2 is 1.89 bits per heavy atom. The van der Waals surface area contributed by atoms with Gasteiger partial charge in [-0.15, -0.1) is 0 Å². The van der Waals surface area contributed by atoms with Crippen LogP contribution in [0.4, 0.5) is 0 Å². The number of aromatic nitrogens is 2. The van der Waals surface area contributed by atoms with Crippen LogP contribution in [0.1, 0.15) is 31.4 Å². The van der Waals surface area contributed by atoms with Gasteiger partial charge in [0, 0.05) is 5.39 Å². The van der Waals surface area contributed by atoms with Crippen LogP contribution in [0, 0.1) is 0 Å². The molecule has 0 saturated heterocycles. The quantitative estimate of drug-likeness (QED) is 0.556. The van der Waals surface area contributed by atoms with Crippen LogP contribution in [0.5, 0.6) is 0 Å². The van der Waals surface area contributed by atoms with Gasteiger partial charge in [0.1, 0.15) is 17.6 Å². The summed E-state index contributed by atoms with van der Waals surface area (Å²) in [5, 5.41) is 3.82. The third kappa shape index (κ3) is 3.41. The van der Waals surface area contributed by atoms with Crippen molar-refractivity contribution in [3.05, 3.63) is 76.8 Å². The van der Waals surface area contributed by atoms with Crippen LogP contribution in [0.25, 0.3) is 22.1 Å². The maximum Gasteiger partial charge on any atom is 0.297 e. The molecule has 1 N–H and O–H groups in total. The normalized spacial score (nSPS) is 12.3. The Morgan fingerprint density at radius 3 is 2.68 bits per heavy atom. The Balaban J connectivity index is 1.58. The molecule has 1 amide bonds. The Hall–Kier alpha value is -3.41. The van der Waals surface area contributed by atoms with Crippen molar-refractivity contribution in [1.82, 2.24) is 14.9 Å². The Labute approximate surface area is 161 Å². The molecule has 28 heavy (non-hydrogen) atoms. The number of para-hydroxylation sites is 1. The number of hydrogen-bond donors (Lipinski definition) is 1. The lowest BCUT2D eigenvalue weighted by molar-refractivity contribution is -0.122. The standard InChI is InChI=1S/C22H21N3O3/c1-2-8-17(15-9-4-3-5-10-15)24-19(26)13-25-14-23-20-16-11-6-7-12-18(16)28-21(20)22(25)27/h3-7,9-12,14,17H,2,8,13H2,1H3,(H,24,26)/t17-/m1/s1. The summed E-state index contributed by atoms with van der Waals surface area (Å²) in [5.74, 6) is -0.235. The lowest BCUT2D eigenvalue weighted by atomic mass is 10.0. The number of hydrogen-bond acceptors (Lipinski definition) is 4. The van der Waals surface area contributed by atoms with Gasteiger partial charge in [-0.1, -0.05) is 55.8 Å². The Kier molecular flexibility index (Phi) is 4.93. The summed E-state index contributed by atoms with van der Waals surface area (Å²) in [5.41, 5.74) is 1.99. The molecule has 6 heteroatoms. The van der Waals surface area contributed by atoms with Crippen molar-refractivity contribution in [2.75, 3.05) is 0 Å². The van der Waals surface area contributed by atoms with E-state index in [1.807, 2.05) is 48.5 Å². The highest BCUT2D eigenvalue weighted by Crippen LogP contribution is 2.24. The van der Waals surface area contributed by atoms with E-state index in [4.69, 9.17) is 4.42 Å². The van der Waals surface area contributed by atoms with Gasteiger partial charge in [0.2, 0.25) is 11.5 Å². The molecule has 142 valence electrons. The molecule has 0 radical (unpaired) electrons. The van der Waals surface area contributed by atoms with E-state index in [1.54, 1.807) is 6.07 Å². The smallest absolute Gasteiger partial charge is 0.297 e. The molecule has 4 rings (SSSR count). The Bertz CT molecular complexity index is 1180. The average molecular weight is 375 g/mol. The number of nitrogens with one attached hydrogen (secondary N) is 1. The fraction of sp³-hybridized carbons (Fsp3) is 0.227. The van der Waals surface area contributed by atoms with Gasteiger partial charge in [0.05, 0.1) is 12.4 Å². The number of rotatable bonds is 6. The van der Waals surface area contributed by atoms with Gasteiger partial charge in [0.15, 0.2) is 0 Å². The van der Waals surface area contributed by atoms with E-state index >= 15 is 0 Å². The summed E-state index contributed by atoms with van der Waals surface area (Å²) < 4.78 is 6.95. The van der Waals surface area contributed by atoms with E-state index in [0.29, 0.717) is 11.1 Å². The topological polar surface area (TPSA) is 77.1 Å². The molecule has 0 fully saturated rings. The maximum absolute atomic E-state index is 12.8. The molecule has 0 saturated carbocycles. The number of amides is 1. The van der Waals surface area contributed by atoms with Crippen molar-refractivity contribution in [2.24, 2.45) is 0 Å². The second-order valence-electron chi connectivity index (χ2n) is 6.77. The van der Waals surface area contributed by atoms with Gasteiger partial charge in [-0.25, -0.2) is 4.98 Å². The number of carbonyl (C=O) groups is 1. The van der Waals surface area contributed by atoms with Gasteiger partial charge in [-0.2, -0.15) is 0 Å². The summed E-state index contributed by atoms with van der Waals surface area (Å²) >= 11 is 0. The molecule has 0 spiro atoms. The average Bonchev–Trinajstić information content (AvgIpc) is 3.10. The second-order valence-corrected chi connectivity index (χ2v) is 6.77. The fourth-order valence-corrected chi connectivity index (χ4v) is 3.42. The summed E-state index contributed by atoms with van der Waals surface area (Å²) in [6, 6.07) is 17.1. The predicted molar refractivity (Wildman–Crippen MR) is 108 cm³/mol. The zero-order chi connectivity index (χ0) is 19.5. The molecule has 0 bridgehead atoms. The first kappa shape index (κ1) is 18.0. The summed E-state index contributed by atoms with van der Waals surface area (Å²) in [4.78, 5) is 29.7. The highest BCUT2D eigenvalue weighted by molar-refractivity contribution is 6.01. The lowest BCUT2D eigenvalue weighted by Crippen LogP contribution is -2.34. The largest absolute Gasteiger partial charge is 0.448 e. The molecule has 2 aromatic heterocycles. The number of nitrogens with zero attached hydrogens (tertiary/aromatic N) is 2. The van der Waals surface area contributed by atoms with Crippen molar-refractivity contribution in [3.63, 3.8) is 0 Å². The molecule has 2 heterocycles. The van der Waals surface area contributed by atoms with Crippen molar-refractivity contribution >= 4 is 28.0 Å². The minimum absolute atomic E-state index is 0.0858. The van der Waals surface area contributed by atoms with E-state index < -0.39 is 0 Å². The van der Waals surface area contributed by atoms with Gasteiger partial charge in [-0.3, -0.25) is 14.2 Å². The van der Waals surface area contributed by atoms with Gasteiger partial charge in [-0.05, 0) is 24.1 Å². The zero-order valence-electron chi connectivity index (χ0n) is 15.6. The van der Waals surface area contributed by atoms with E-state index in [1.165, 1.54) is 10.9 Å². The zero-order valence-corrected chi connectivity index (χ0v) is 15.6. The molecule has 2 aromatic carbocycles. The van der Waals surface area contributed by atoms with Crippen LogP contribution >= 0.6 is 0 Å². The first-order valence-corrected chi connectivity index (χ1v) is 9.38. The third-order valence-corrected chi connectivity index (χ3v) is 4.78. The monoisotopic (exact) mass is 375 g/mol. The summed E-state index contributed by atoms with van der Waals surface area (Å²) in [7, 11) is 0. The lowest BCUT2D eigenvalue weighted by Gasteiger charge is -2.19. The molecular formula is C22H21N3O3. The first-order chi connectivity index (χ1) is 13.7. The van der Waals surface area contributed by atoms with E-state index in [2.05, 4.69) is 17.2 Å². The molecule has 4 aromatic rings. The van der Waals surface area contributed by atoms with E-state index in [-0.39, 0.29) is 29.6 Å². The molecule has 0 unspecified atom stereocenters. The van der Waals surface area contributed by atoms with Gasteiger partial charge < -0.3 is 9.73 Å². The van der Waals surface area contributed by atoms with Gasteiger partial charge in [0.25, 0.3) is 5.56 Å². The molecule has 0 aliphatic rings. The number of benzene rings is 2. The van der Waals surface area contributed by atoms with Crippen LogP contribution in [0.3, 0.4) is 0 Å². The number of furan rings is 1. The van der Waals surface area contributed by atoms with Crippen LogP contribution in [-0.4, -0.2) is 15.5 Å². The minimum atomic E-state index is -0.358. The summed E-state index contributed by atoms with van der Waals surface area (Å²) in [6.45, 7) is 1.97. The highest BCUT2D eigenvalue weighted by Gasteiger charge is 2.17. The highest BCUT2D eigenvalue weighted by atomic mass is 16.3. The summed E-state index contributed by atoms with van der Waals surface area (Å²) in [6.07, 6.45) is 3.17. The van der Waals surface area contributed by atoms with Crippen molar-refractivity contribution < 1.29 is 9.21 Å². The predicted octanol–water partition coefficient (Wildman–Crippen LogP) is 3.80. The van der Waals surface area contributed by atoms with Crippen molar-refractivity contribution in [1.29, 1.82) is 0 Å². The van der Waals surface area contributed by atoms with E-state index in [0.717, 1.165) is 23.8 Å². The van der Waals surface area contributed by atoms with Crippen LogP contribution in [0.15, 0.2) is 70.1 Å². The maximum atomic E-state index is 12.8. The van der Waals surface area contributed by atoms with Gasteiger partial charge >= 0.3 is 0 Å². The van der Waals surface area contributed by atoms with E-state index in [9.17, 15) is 9.59 Å². The Morgan fingerprint density at radius 1 is 1.14 bits per heavy atom. The van der Waals surface area contributed by atoms with Crippen LogP contribution in [0.2, 0.25) is 0 Å². The minimum Gasteiger partial charge on any atom is -0.448 e. The molecule has 0 aliphatic heterocycles. The molecule has 1 atom stereocenters. The second kappa shape index (κ2) is 7.68. The number of carbonyl (C=O) groups excluding carboxylic acids is 1. The molecular weight excluding hydrogens is 354 g/mol. The first-order valence-electron chi connectivity index (χ1n) is 9.38. The molecule has 0 aliphatic carbocycles. The SMILES string of the molecule is CCC[C@@H](NC(=O)Cn1cnc2c(oc3ccccc32)c1=O)c1ccccc1. The molecule has 6 nitrogen and oxygen atoms in total.